The highest BCUT2D eigenvalue weighted by molar-refractivity contribution is 14.0. The van der Waals surface area contributed by atoms with E-state index in [9.17, 15) is 0 Å². The van der Waals surface area contributed by atoms with Gasteiger partial charge in [0.15, 0.2) is 5.96 Å². The zero-order chi connectivity index (χ0) is 13.8. The van der Waals surface area contributed by atoms with Crippen LogP contribution in [0.4, 0.5) is 0 Å². The predicted octanol–water partition coefficient (Wildman–Crippen LogP) is 1.38. The zero-order valence-electron chi connectivity index (χ0n) is 12.2. The molecule has 0 radical (unpaired) electrons. The molecule has 1 saturated heterocycles. The van der Waals surface area contributed by atoms with Crippen molar-refractivity contribution in [3.63, 3.8) is 0 Å². The Hall–Kier alpha value is -0.520. The summed E-state index contributed by atoms with van der Waals surface area (Å²) in [6, 6.07) is 0. The number of aliphatic imine (C=N–C) groups is 1. The summed E-state index contributed by atoms with van der Waals surface area (Å²) < 4.78 is 11.1. The third kappa shape index (κ3) is 9.39. The molecule has 0 unspecified atom stereocenters. The van der Waals surface area contributed by atoms with Crippen molar-refractivity contribution in [1.82, 2.24) is 10.6 Å². The Balaban J connectivity index is 0.00000361. The van der Waals surface area contributed by atoms with E-state index < -0.39 is 0 Å². The van der Waals surface area contributed by atoms with Crippen LogP contribution in [-0.2, 0) is 9.47 Å². The van der Waals surface area contributed by atoms with Crippen LogP contribution < -0.4 is 10.6 Å². The standard InChI is InChI=1S/C14H25N3O2.HI/c1-3-8-16-14(15-4-2)17-9-5-10-19-13-6-11-18-12-7-13;/h1,13H,4-12H2,2H3,(H2,15,16,17);1H. The highest BCUT2D eigenvalue weighted by Gasteiger charge is 2.13. The van der Waals surface area contributed by atoms with Gasteiger partial charge >= 0.3 is 0 Å². The second-order valence-electron chi connectivity index (χ2n) is 4.35. The maximum atomic E-state index is 5.78. The summed E-state index contributed by atoms with van der Waals surface area (Å²) in [6.45, 7) is 6.49. The van der Waals surface area contributed by atoms with Crippen molar-refractivity contribution in [2.45, 2.75) is 32.3 Å². The summed E-state index contributed by atoms with van der Waals surface area (Å²) in [5.74, 6) is 3.30. The van der Waals surface area contributed by atoms with Crippen LogP contribution in [0.1, 0.15) is 26.2 Å². The Morgan fingerprint density at radius 1 is 1.40 bits per heavy atom. The average Bonchev–Trinajstić information content (AvgIpc) is 2.45. The molecule has 0 atom stereocenters. The lowest BCUT2D eigenvalue weighted by Crippen LogP contribution is -2.37. The molecular weight excluding hydrogens is 369 g/mol. The van der Waals surface area contributed by atoms with Crippen LogP contribution >= 0.6 is 24.0 Å². The molecule has 0 aromatic carbocycles. The smallest absolute Gasteiger partial charge is 0.192 e. The molecule has 1 fully saturated rings. The van der Waals surface area contributed by atoms with E-state index in [-0.39, 0.29) is 24.0 Å². The molecule has 0 bridgehead atoms. The summed E-state index contributed by atoms with van der Waals surface area (Å²) >= 11 is 0. The Labute approximate surface area is 139 Å². The molecule has 0 saturated carbocycles. The van der Waals surface area contributed by atoms with Gasteiger partial charge in [-0.25, -0.2) is 0 Å². The van der Waals surface area contributed by atoms with Crippen LogP contribution in [0.25, 0.3) is 0 Å². The third-order valence-electron chi connectivity index (χ3n) is 2.80. The van der Waals surface area contributed by atoms with Crippen LogP contribution in [0, 0.1) is 12.3 Å². The lowest BCUT2D eigenvalue weighted by molar-refractivity contribution is -0.0318. The van der Waals surface area contributed by atoms with Gasteiger partial charge in [0.05, 0.1) is 12.6 Å². The van der Waals surface area contributed by atoms with E-state index in [2.05, 4.69) is 21.5 Å². The fraction of sp³-hybridized carbons (Fsp3) is 0.786. The molecule has 0 aliphatic carbocycles. The Kier molecular flexibility index (Phi) is 13.1. The molecule has 1 aliphatic rings. The van der Waals surface area contributed by atoms with E-state index in [0.29, 0.717) is 12.6 Å². The van der Waals surface area contributed by atoms with E-state index in [1.54, 1.807) is 0 Å². The first kappa shape index (κ1) is 19.5. The van der Waals surface area contributed by atoms with Gasteiger partial charge in [0, 0.05) is 32.9 Å². The van der Waals surface area contributed by atoms with Gasteiger partial charge in [-0.2, -0.15) is 0 Å². The fourth-order valence-corrected chi connectivity index (χ4v) is 1.82. The molecule has 0 spiro atoms. The minimum absolute atomic E-state index is 0. The minimum atomic E-state index is 0. The van der Waals surface area contributed by atoms with Gasteiger partial charge in [0.25, 0.3) is 0 Å². The number of terminal acetylenes is 1. The number of nitrogens with zero attached hydrogens (tertiary/aromatic N) is 1. The first-order chi connectivity index (χ1) is 9.36. The number of guanidine groups is 1. The molecule has 5 nitrogen and oxygen atoms in total. The maximum Gasteiger partial charge on any atom is 0.192 e. The van der Waals surface area contributed by atoms with Crippen LogP contribution in [0.3, 0.4) is 0 Å². The van der Waals surface area contributed by atoms with Crippen LogP contribution in [0.15, 0.2) is 4.99 Å². The Bertz CT molecular complexity index is 299. The van der Waals surface area contributed by atoms with Gasteiger partial charge in [-0.05, 0) is 26.2 Å². The molecule has 0 amide bonds. The molecular formula is C14H26IN3O2. The first-order valence-corrected chi connectivity index (χ1v) is 7.01. The van der Waals surface area contributed by atoms with E-state index >= 15 is 0 Å². The Morgan fingerprint density at radius 3 is 2.80 bits per heavy atom. The number of nitrogens with one attached hydrogen (secondary N) is 2. The molecule has 20 heavy (non-hydrogen) atoms. The molecule has 1 rings (SSSR count). The van der Waals surface area contributed by atoms with Gasteiger partial charge in [0.2, 0.25) is 0 Å². The van der Waals surface area contributed by atoms with Gasteiger partial charge in [-0.15, -0.1) is 30.4 Å². The Morgan fingerprint density at radius 2 is 2.15 bits per heavy atom. The van der Waals surface area contributed by atoms with Crippen molar-refractivity contribution in [3.05, 3.63) is 0 Å². The molecule has 0 aromatic rings. The molecule has 1 heterocycles. The van der Waals surface area contributed by atoms with Gasteiger partial charge in [0.1, 0.15) is 0 Å². The van der Waals surface area contributed by atoms with Crippen molar-refractivity contribution in [2.24, 2.45) is 4.99 Å². The lowest BCUT2D eigenvalue weighted by Gasteiger charge is -2.22. The zero-order valence-corrected chi connectivity index (χ0v) is 14.5. The fourth-order valence-electron chi connectivity index (χ4n) is 1.82. The van der Waals surface area contributed by atoms with E-state index in [0.717, 1.165) is 58.1 Å². The number of halogens is 1. The van der Waals surface area contributed by atoms with Crippen LogP contribution in [-0.4, -0.2) is 51.5 Å². The van der Waals surface area contributed by atoms with E-state index in [1.165, 1.54) is 0 Å². The molecule has 2 N–H and O–H groups in total. The summed E-state index contributed by atoms with van der Waals surface area (Å²) in [5, 5.41) is 6.20. The van der Waals surface area contributed by atoms with Crippen LogP contribution in [0.2, 0.25) is 0 Å². The van der Waals surface area contributed by atoms with Gasteiger partial charge in [-0.1, -0.05) is 5.92 Å². The van der Waals surface area contributed by atoms with Crippen molar-refractivity contribution >= 4 is 29.9 Å². The topological polar surface area (TPSA) is 54.9 Å². The largest absolute Gasteiger partial charge is 0.381 e. The molecule has 0 aromatic heterocycles. The highest BCUT2D eigenvalue weighted by Crippen LogP contribution is 2.10. The summed E-state index contributed by atoms with van der Waals surface area (Å²) in [5.41, 5.74) is 0. The number of rotatable bonds is 7. The van der Waals surface area contributed by atoms with Crippen molar-refractivity contribution < 1.29 is 9.47 Å². The number of hydrogen-bond acceptors (Lipinski definition) is 3. The second kappa shape index (κ2) is 13.5. The second-order valence-corrected chi connectivity index (χ2v) is 4.35. The summed E-state index contributed by atoms with van der Waals surface area (Å²) in [4.78, 5) is 4.43. The van der Waals surface area contributed by atoms with Gasteiger partial charge < -0.3 is 20.1 Å². The molecule has 6 heteroatoms. The SMILES string of the molecule is C#CCNC(=NCCCOC1CCOCC1)NCC.I. The quantitative estimate of drug-likeness (QED) is 0.225. The molecule has 1 aliphatic heterocycles. The van der Waals surface area contributed by atoms with E-state index in [4.69, 9.17) is 15.9 Å². The third-order valence-corrected chi connectivity index (χ3v) is 2.80. The normalized spacial score (nSPS) is 16.1. The maximum absolute atomic E-state index is 5.78. The highest BCUT2D eigenvalue weighted by atomic mass is 127. The lowest BCUT2D eigenvalue weighted by atomic mass is 10.1. The summed E-state index contributed by atoms with van der Waals surface area (Å²) in [7, 11) is 0. The van der Waals surface area contributed by atoms with Crippen molar-refractivity contribution in [1.29, 1.82) is 0 Å². The van der Waals surface area contributed by atoms with Crippen molar-refractivity contribution in [2.75, 3.05) is 39.5 Å². The van der Waals surface area contributed by atoms with Crippen molar-refractivity contribution in [3.8, 4) is 12.3 Å². The minimum Gasteiger partial charge on any atom is -0.381 e. The van der Waals surface area contributed by atoms with E-state index in [1.807, 2.05) is 6.92 Å². The first-order valence-electron chi connectivity index (χ1n) is 7.01. The predicted molar refractivity (Wildman–Crippen MR) is 92.6 cm³/mol. The monoisotopic (exact) mass is 395 g/mol. The molecule has 116 valence electrons. The number of hydrogen-bond donors (Lipinski definition) is 2. The van der Waals surface area contributed by atoms with Crippen LogP contribution in [0.5, 0.6) is 0 Å². The number of ether oxygens (including phenoxy) is 2. The summed E-state index contributed by atoms with van der Waals surface area (Å²) in [6.07, 6.45) is 8.51. The average molecular weight is 395 g/mol. The van der Waals surface area contributed by atoms with Gasteiger partial charge in [-0.3, -0.25) is 4.99 Å².